The number of carbonyl (C=O) groups excluding carboxylic acids is 3. The highest BCUT2D eigenvalue weighted by atomic mass is 19.1. The Labute approximate surface area is 233 Å². The van der Waals surface area contributed by atoms with Gasteiger partial charge in [0.15, 0.2) is 11.5 Å². The number of hydrogen-bond acceptors (Lipinski definition) is 7. The Hall–Kier alpha value is -2.36. The van der Waals surface area contributed by atoms with E-state index >= 15 is 8.78 Å². The lowest BCUT2D eigenvalue weighted by atomic mass is 9.45. The van der Waals surface area contributed by atoms with Crippen LogP contribution in [0.15, 0.2) is 23.6 Å². The van der Waals surface area contributed by atoms with Crippen molar-refractivity contribution in [1.82, 2.24) is 0 Å². The molecule has 224 valence electrons. The average molecular weight is 571 g/mol. The second-order valence-corrected chi connectivity index (χ2v) is 13.5. The van der Waals surface area contributed by atoms with Gasteiger partial charge in [-0.15, -0.1) is 0 Å². The molecule has 0 amide bonds. The smallest absolute Gasteiger partial charge is 0.431 e. The van der Waals surface area contributed by atoms with E-state index in [0.717, 1.165) is 0 Å². The molecule has 0 saturated heterocycles. The summed E-state index contributed by atoms with van der Waals surface area (Å²) in [4.78, 5) is 38.9. The summed E-state index contributed by atoms with van der Waals surface area (Å²) in [6, 6.07) is 0. The number of aliphatic hydroxyl groups is 1. The summed E-state index contributed by atoms with van der Waals surface area (Å²) in [5, 5.41) is 11.5. The number of rotatable bonds is 5. The van der Waals surface area contributed by atoms with Crippen LogP contribution in [-0.4, -0.2) is 53.4 Å². The molecule has 0 bridgehead atoms. The zero-order valence-corrected chi connectivity index (χ0v) is 24.3. The van der Waals surface area contributed by atoms with E-state index in [1.807, 2.05) is 27.7 Å². The molecular formula is C30H41F3O7. The first-order valence-corrected chi connectivity index (χ1v) is 14.0. The van der Waals surface area contributed by atoms with Crippen molar-refractivity contribution in [3.63, 3.8) is 0 Å². The zero-order chi connectivity index (χ0) is 30.1. The number of carbonyl (C=O) groups is 3. The van der Waals surface area contributed by atoms with E-state index in [1.165, 1.54) is 19.1 Å². The maximum absolute atomic E-state index is 17.5. The normalized spacial score (nSPS) is 41.5. The minimum absolute atomic E-state index is 0.0168. The lowest BCUT2D eigenvalue weighted by Gasteiger charge is -2.62. The molecule has 2 fully saturated rings. The molecule has 1 unspecified atom stereocenters. The largest absolute Gasteiger partial charge is 0.509 e. The van der Waals surface area contributed by atoms with Crippen LogP contribution in [0.1, 0.15) is 80.6 Å². The lowest BCUT2D eigenvalue weighted by Crippen LogP contribution is -2.70. The minimum atomic E-state index is -2.38. The van der Waals surface area contributed by atoms with Crippen molar-refractivity contribution in [1.29, 1.82) is 0 Å². The van der Waals surface area contributed by atoms with Crippen molar-refractivity contribution in [3.8, 4) is 0 Å². The minimum Gasteiger partial charge on any atom is -0.431 e. The van der Waals surface area contributed by atoms with Gasteiger partial charge in [-0.1, -0.05) is 47.6 Å². The molecule has 0 heterocycles. The second kappa shape index (κ2) is 9.88. The van der Waals surface area contributed by atoms with E-state index in [4.69, 9.17) is 14.2 Å². The summed E-state index contributed by atoms with van der Waals surface area (Å²) in [5.41, 5.74) is -7.98. The molecule has 4 aliphatic rings. The van der Waals surface area contributed by atoms with Crippen molar-refractivity contribution < 1.29 is 46.9 Å². The summed E-state index contributed by atoms with van der Waals surface area (Å²) < 4.78 is 62.8. The Morgan fingerprint density at radius 1 is 1.23 bits per heavy atom. The first-order chi connectivity index (χ1) is 18.4. The number of allylic oxidation sites excluding steroid dienone is 4. The summed E-state index contributed by atoms with van der Waals surface area (Å²) in [6.07, 6.45) is -1.35. The number of aliphatic hydroxyl groups excluding tert-OH is 1. The van der Waals surface area contributed by atoms with E-state index < -0.39 is 88.7 Å². The highest BCUT2D eigenvalue weighted by Gasteiger charge is 2.78. The monoisotopic (exact) mass is 570 g/mol. The third-order valence-electron chi connectivity index (χ3n) is 10.5. The van der Waals surface area contributed by atoms with Crippen molar-refractivity contribution in [3.05, 3.63) is 23.6 Å². The molecule has 1 N–H and O–H groups in total. The van der Waals surface area contributed by atoms with Gasteiger partial charge in [0, 0.05) is 35.5 Å². The van der Waals surface area contributed by atoms with Crippen molar-refractivity contribution in [2.75, 3.05) is 6.86 Å². The fourth-order valence-electron chi connectivity index (χ4n) is 8.49. The molecule has 10 heteroatoms. The van der Waals surface area contributed by atoms with Crippen LogP contribution >= 0.6 is 0 Å². The summed E-state index contributed by atoms with van der Waals surface area (Å²) in [7, 11) is 0. The molecule has 0 aromatic rings. The molecular weight excluding hydrogens is 529 g/mol. The highest BCUT2D eigenvalue weighted by Crippen LogP contribution is 2.71. The van der Waals surface area contributed by atoms with E-state index in [2.05, 4.69) is 0 Å². The average Bonchev–Trinajstić information content (AvgIpc) is 3.07. The molecule has 7 nitrogen and oxygen atoms in total. The first-order valence-electron chi connectivity index (χ1n) is 14.0. The summed E-state index contributed by atoms with van der Waals surface area (Å²) in [6.45, 7) is 10.7. The van der Waals surface area contributed by atoms with Gasteiger partial charge in [-0.3, -0.25) is 4.79 Å². The second-order valence-electron chi connectivity index (χ2n) is 13.5. The number of ether oxygens (including phenoxy) is 3. The quantitative estimate of drug-likeness (QED) is 0.400. The molecule has 0 radical (unpaired) electrons. The summed E-state index contributed by atoms with van der Waals surface area (Å²) in [5.74, 6) is -4.84. The van der Waals surface area contributed by atoms with Crippen LogP contribution in [0, 0.1) is 34.0 Å². The van der Waals surface area contributed by atoms with Crippen LogP contribution in [0.25, 0.3) is 0 Å². The van der Waals surface area contributed by atoms with E-state index in [-0.39, 0.29) is 30.6 Å². The molecule has 0 spiro atoms. The SMILES string of the molecule is CCC(OC(=O)O[C@]1(C(=O)OCF)[C@H](C)C[C@H]2[C@@H]3CC(F)=C4CC(=O)C=C[C@]4(C)[C@@]3(F)[C@@H](O)C[C@@]21C)C(C)(C)C. The zero-order valence-electron chi connectivity index (χ0n) is 24.3. The van der Waals surface area contributed by atoms with Crippen molar-refractivity contribution in [2.24, 2.45) is 34.0 Å². The maximum atomic E-state index is 17.5. The molecule has 9 atom stereocenters. The van der Waals surface area contributed by atoms with Gasteiger partial charge in [-0.05, 0) is 49.2 Å². The fourth-order valence-corrected chi connectivity index (χ4v) is 8.49. The Bertz CT molecular complexity index is 1140. The van der Waals surface area contributed by atoms with E-state index in [9.17, 15) is 23.9 Å². The summed E-state index contributed by atoms with van der Waals surface area (Å²) >= 11 is 0. The van der Waals surface area contributed by atoms with Crippen molar-refractivity contribution in [2.45, 2.75) is 104 Å². The van der Waals surface area contributed by atoms with Crippen molar-refractivity contribution >= 4 is 17.9 Å². The number of ketones is 1. The van der Waals surface area contributed by atoms with Crippen LogP contribution in [0.4, 0.5) is 18.0 Å². The Morgan fingerprint density at radius 3 is 2.45 bits per heavy atom. The van der Waals surface area contributed by atoms with E-state index in [1.54, 1.807) is 13.8 Å². The molecule has 0 aromatic heterocycles. The number of hydrogen-bond donors (Lipinski definition) is 1. The van der Waals surface area contributed by atoms with Gasteiger partial charge < -0.3 is 19.3 Å². The van der Waals surface area contributed by atoms with Gasteiger partial charge in [-0.2, -0.15) is 0 Å². The van der Waals surface area contributed by atoms with Gasteiger partial charge in [-0.25, -0.2) is 22.8 Å². The number of esters is 1. The van der Waals surface area contributed by atoms with Crippen LogP contribution in [0.5, 0.6) is 0 Å². The topological polar surface area (TPSA) is 99.1 Å². The van der Waals surface area contributed by atoms with Gasteiger partial charge in [0.05, 0.1) is 6.10 Å². The molecule has 0 aromatic carbocycles. The van der Waals surface area contributed by atoms with Crippen LogP contribution in [-0.2, 0) is 23.8 Å². The van der Waals surface area contributed by atoms with Crippen LogP contribution in [0.2, 0.25) is 0 Å². The third kappa shape index (κ3) is 4.06. The molecule has 40 heavy (non-hydrogen) atoms. The fraction of sp³-hybridized carbons (Fsp3) is 0.767. The van der Waals surface area contributed by atoms with Crippen LogP contribution < -0.4 is 0 Å². The molecule has 4 aliphatic carbocycles. The standard InChI is InChI=1S/C30H41F3O7/c1-8-23(26(3,4)5)39-25(37)40-30(24(36)38-15-31)16(2)11-18-19-13-21(32)20-12-17(34)9-10-27(20,6)29(19,33)22(35)14-28(18,30)7/h9-10,16,18-19,22-23,35H,8,11-15H2,1-7H3/t16-,18+,19+,22+,23?,27+,28+,29+,30+/m1/s1. The number of alkyl halides is 2. The van der Waals surface area contributed by atoms with Gasteiger partial charge in [0.25, 0.3) is 0 Å². The lowest BCUT2D eigenvalue weighted by molar-refractivity contribution is -0.231. The Morgan fingerprint density at radius 2 is 1.88 bits per heavy atom. The van der Waals surface area contributed by atoms with Crippen LogP contribution in [0.3, 0.4) is 0 Å². The van der Waals surface area contributed by atoms with E-state index in [0.29, 0.717) is 6.42 Å². The Kier molecular flexibility index (Phi) is 7.56. The molecule has 2 saturated carbocycles. The predicted octanol–water partition coefficient (Wildman–Crippen LogP) is 6.09. The number of halogens is 3. The molecule has 0 aliphatic heterocycles. The maximum Gasteiger partial charge on any atom is 0.509 e. The van der Waals surface area contributed by atoms with Gasteiger partial charge in [0.2, 0.25) is 12.5 Å². The first kappa shape index (κ1) is 30.6. The van der Waals surface area contributed by atoms with Gasteiger partial charge in [0.1, 0.15) is 11.9 Å². The highest BCUT2D eigenvalue weighted by molar-refractivity contribution is 5.93. The third-order valence-corrected chi connectivity index (χ3v) is 10.5. The predicted molar refractivity (Wildman–Crippen MR) is 139 cm³/mol. The Balaban J connectivity index is 1.81. The number of fused-ring (bicyclic) bond motifs is 5. The molecule has 4 rings (SSSR count). The van der Waals surface area contributed by atoms with Gasteiger partial charge >= 0.3 is 12.1 Å².